The normalized spacial score (nSPS) is 11.2. The number of thiazole rings is 1. The Bertz CT molecular complexity index is 357. The van der Waals surface area contributed by atoms with E-state index in [2.05, 4.69) is 10.3 Å². The lowest BCUT2D eigenvalue weighted by Crippen LogP contribution is -2.31. The number of carbonyl (C=O) groups excluding carboxylic acids is 1. The van der Waals surface area contributed by atoms with Crippen LogP contribution in [0.1, 0.15) is 30.7 Å². The minimum atomic E-state index is -0.472. The maximum absolute atomic E-state index is 11.3. The highest BCUT2D eigenvalue weighted by atomic mass is 32.1. The van der Waals surface area contributed by atoms with Crippen LogP contribution in [0.4, 0.5) is 4.79 Å². The molecule has 5 nitrogen and oxygen atoms in total. The van der Waals surface area contributed by atoms with E-state index < -0.39 is 11.7 Å². The Labute approximate surface area is 99.0 Å². The molecule has 0 saturated heterocycles. The smallest absolute Gasteiger partial charge is 0.407 e. The summed E-state index contributed by atoms with van der Waals surface area (Å²) in [4.78, 5) is 16.4. The molecule has 90 valence electrons. The zero-order valence-corrected chi connectivity index (χ0v) is 10.6. The van der Waals surface area contributed by atoms with Gasteiger partial charge < -0.3 is 15.8 Å². The molecular weight excluding hydrogens is 226 g/mol. The van der Waals surface area contributed by atoms with E-state index in [1.165, 1.54) is 11.3 Å². The van der Waals surface area contributed by atoms with Gasteiger partial charge in [0.25, 0.3) is 0 Å². The molecule has 1 rings (SSSR count). The van der Waals surface area contributed by atoms with Gasteiger partial charge in [0.1, 0.15) is 10.6 Å². The van der Waals surface area contributed by atoms with Gasteiger partial charge in [-0.15, -0.1) is 11.3 Å². The summed E-state index contributed by atoms with van der Waals surface area (Å²) in [5, 5.41) is 3.52. The molecule has 0 aliphatic carbocycles. The molecule has 0 atom stereocenters. The first kappa shape index (κ1) is 12.9. The first-order chi connectivity index (χ1) is 7.40. The number of nitrogens with two attached hydrogens (primary N) is 1. The van der Waals surface area contributed by atoms with Gasteiger partial charge in [-0.25, -0.2) is 9.78 Å². The molecule has 0 bridgehead atoms. The summed E-state index contributed by atoms with van der Waals surface area (Å²) in [6.45, 7) is 6.33. The van der Waals surface area contributed by atoms with Gasteiger partial charge in [-0.2, -0.15) is 0 Å². The van der Waals surface area contributed by atoms with Gasteiger partial charge in [0.05, 0.1) is 6.54 Å². The number of aromatic nitrogens is 1. The van der Waals surface area contributed by atoms with Crippen molar-refractivity contribution in [1.29, 1.82) is 0 Å². The van der Waals surface area contributed by atoms with Crippen LogP contribution in [0.15, 0.2) is 6.20 Å². The van der Waals surface area contributed by atoms with E-state index in [1.807, 2.05) is 20.8 Å². The molecule has 0 fully saturated rings. The third-order valence-corrected chi connectivity index (χ3v) is 2.60. The van der Waals surface area contributed by atoms with Crippen molar-refractivity contribution in [2.75, 3.05) is 0 Å². The average molecular weight is 243 g/mol. The van der Waals surface area contributed by atoms with Crippen LogP contribution in [0.25, 0.3) is 0 Å². The van der Waals surface area contributed by atoms with Crippen LogP contribution in [0.2, 0.25) is 0 Å². The average Bonchev–Trinajstić information content (AvgIpc) is 2.59. The fraction of sp³-hybridized carbons (Fsp3) is 0.600. The lowest BCUT2D eigenvalue weighted by molar-refractivity contribution is 0.0524. The van der Waals surface area contributed by atoms with E-state index in [0.29, 0.717) is 13.1 Å². The molecular formula is C10H17N3O2S. The molecule has 1 heterocycles. The molecule has 3 N–H and O–H groups in total. The molecule has 16 heavy (non-hydrogen) atoms. The fourth-order valence-corrected chi connectivity index (χ4v) is 1.74. The van der Waals surface area contributed by atoms with Crippen molar-refractivity contribution >= 4 is 17.4 Å². The number of amides is 1. The first-order valence-corrected chi connectivity index (χ1v) is 5.83. The third-order valence-electron chi connectivity index (χ3n) is 1.58. The molecule has 0 radical (unpaired) electrons. The summed E-state index contributed by atoms with van der Waals surface area (Å²) < 4.78 is 5.10. The lowest BCUT2D eigenvalue weighted by Gasteiger charge is -2.19. The van der Waals surface area contributed by atoms with Gasteiger partial charge in [0, 0.05) is 17.6 Å². The summed E-state index contributed by atoms with van der Waals surface area (Å²) in [7, 11) is 0. The second kappa shape index (κ2) is 5.27. The van der Waals surface area contributed by atoms with Crippen molar-refractivity contribution in [2.45, 2.75) is 39.5 Å². The maximum Gasteiger partial charge on any atom is 0.407 e. The maximum atomic E-state index is 11.3. The largest absolute Gasteiger partial charge is 0.444 e. The van der Waals surface area contributed by atoms with Gasteiger partial charge in [-0.1, -0.05) is 0 Å². The Balaban J connectivity index is 2.37. The number of carbonyl (C=O) groups is 1. The Kier molecular flexibility index (Phi) is 4.26. The number of nitrogens with one attached hydrogen (secondary N) is 1. The second-order valence-corrected chi connectivity index (χ2v) is 5.48. The molecule has 6 heteroatoms. The van der Waals surface area contributed by atoms with E-state index in [-0.39, 0.29) is 0 Å². The van der Waals surface area contributed by atoms with E-state index in [9.17, 15) is 4.79 Å². The molecule has 0 aromatic carbocycles. The summed E-state index contributed by atoms with van der Waals surface area (Å²) in [5.41, 5.74) is 4.97. The topological polar surface area (TPSA) is 77.2 Å². The number of hydrogen-bond donors (Lipinski definition) is 2. The van der Waals surface area contributed by atoms with E-state index >= 15 is 0 Å². The van der Waals surface area contributed by atoms with Crippen molar-refractivity contribution in [1.82, 2.24) is 10.3 Å². The van der Waals surface area contributed by atoms with Crippen molar-refractivity contribution in [3.8, 4) is 0 Å². The van der Waals surface area contributed by atoms with Gasteiger partial charge >= 0.3 is 6.09 Å². The number of ether oxygens (including phenoxy) is 1. The number of rotatable bonds is 3. The van der Waals surface area contributed by atoms with Crippen molar-refractivity contribution in [3.63, 3.8) is 0 Å². The standard InChI is InChI=1S/C10H17N3O2S/c1-10(2,3)15-9(14)13-6-7-5-12-8(4-11)16-7/h5H,4,6,11H2,1-3H3,(H,13,14). The Hall–Kier alpha value is -1.14. The summed E-state index contributed by atoms with van der Waals surface area (Å²) in [5.74, 6) is 0. The number of hydrogen-bond acceptors (Lipinski definition) is 5. The molecule has 0 aliphatic heterocycles. The van der Waals surface area contributed by atoms with Gasteiger partial charge in [-0.05, 0) is 20.8 Å². The van der Waals surface area contributed by atoms with E-state index in [0.717, 1.165) is 9.88 Å². The van der Waals surface area contributed by atoms with Crippen LogP contribution in [-0.4, -0.2) is 16.7 Å². The van der Waals surface area contributed by atoms with E-state index in [1.54, 1.807) is 6.20 Å². The monoisotopic (exact) mass is 243 g/mol. The van der Waals surface area contributed by atoms with Crippen molar-refractivity contribution in [2.24, 2.45) is 5.73 Å². The minimum absolute atomic E-state index is 0.421. The Morgan fingerprint density at radius 1 is 1.62 bits per heavy atom. The van der Waals surface area contributed by atoms with Crippen LogP contribution >= 0.6 is 11.3 Å². The molecule has 0 saturated carbocycles. The zero-order valence-electron chi connectivity index (χ0n) is 9.74. The van der Waals surface area contributed by atoms with Crippen LogP contribution in [0.3, 0.4) is 0 Å². The van der Waals surface area contributed by atoms with Crippen LogP contribution in [-0.2, 0) is 17.8 Å². The Morgan fingerprint density at radius 3 is 2.81 bits per heavy atom. The molecule has 1 aromatic rings. The third kappa shape index (κ3) is 4.59. The Morgan fingerprint density at radius 2 is 2.31 bits per heavy atom. The summed E-state index contributed by atoms with van der Waals surface area (Å²) in [6, 6.07) is 0. The van der Waals surface area contributed by atoms with Crippen molar-refractivity contribution in [3.05, 3.63) is 16.1 Å². The predicted molar refractivity (Wildman–Crippen MR) is 63.1 cm³/mol. The lowest BCUT2D eigenvalue weighted by atomic mass is 10.2. The molecule has 0 spiro atoms. The van der Waals surface area contributed by atoms with Gasteiger partial charge in [0.15, 0.2) is 0 Å². The zero-order chi connectivity index (χ0) is 12.2. The molecule has 0 unspecified atom stereocenters. The molecule has 1 aromatic heterocycles. The highest BCUT2D eigenvalue weighted by Gasteiger charge is 2.15. The highest BCUT2D eigenvalue weighted by Crippen LogP contribution is 2.12. The molecule has 1 amide bonds. The quantitative estimate of drug-likeness (QED) is 0.845. The molecule has 0 aliphatic rings. The van der Waals surface area contributed by atoms with Gasteiger partial charge in [-0.3, -0.25) is 0 Å². The SMILES string of the molecule is CC(C)(C)OC(=O)NCc1cnc(CN)s1. The fourth-order valence-electron chi connectivity index (χ4n) is 0.998. The van der Waals surface area contributed by atoms with Crippen LogP contribution < -0.4 is 11.1 Å². The van der Waals surface area contributed by atoms with Gasteiger partial charge in [0.2, 0.25) is 0 Å². The number of nitrogens with zero attached hydrogens (tertiary/aromatic N) is 1. The summed E-state index contributed by atoms with van der Waals surface area (Å²) >= 11 is 1.49. The van der Waals surface area contributed by atoms with E-state index in [4.69, 9.17) is 10.5 Å². The van der Waals surface area contributed by atoms with Crippen molar-refractivity contribution < 1.29 is 9.53 Å². The minimum Gasteiger partial charge on any atom is -0.444 e. The predicted octanol–water partition coefficient (Wildman–Crippen LogP) is 1.63. The second-order valence-electron chi connectivity index (χ2n) is 4.28. The first-order valence-electron chi connectivity index (χ1n) is 5.01. The number of alkyl carbamates (subject to hydrolysis) is 1. The van der Waals surface area contributed by atoms with Crippen LogP contribution in [0.5, 0.6) is 0 Å². The summed E-state index contributed by atoms with van der Waals surface area (Å²) in [6.07, 6.45) is 1.29. The van der Waals surface area contributed by atoms with Crippen LogP contribution in [0, 0.1) is 0 Å². The highest BCUT2D eigenvalue weighted by molar-refractivity contribution is 7.11.